The van der Waals surface area contributed by atoms with Crippen molar-refractivity contribution in [3.8, 4) is 0 Å². The lowest BCUT2D eigenvalue weighted by atomic mass is 9.71. The molecular formula is C20H17FO4S. The molecule has 1 aliphatic heterocycles. The van der Waals surface area contributed by atoms with Gasteiger partial charge in [-0.15, -0.1) is 0 Å². The summed E-state index contributed by atoms with van der Waals surface area (Å²) in [5, 5.41) is 0. The number of sulfone groups is 1. The van der Waals surface area contributed by atoms with Crippen molar-refractivity contribution < 1.29 is 22.3 Å². The number of esters is 1. The van der Waals surface area contributed by atoms with Crippen LogP contribution >= 0.6 is 0 Å². The maximum Gasteiger partial charge on any atom is 0.340 e. The summed E-state index contributed by atoms with van der Waals surface area (Å²) in [6.45, 7) is 0. The number of ether oxygens (including phenoxy) is 1. The molecule has 0 amide bonds. The molecule has 2 aromatic carbocycles. The molecule has 26 heavy (non-hydrogen) atoms. The number of hydrogen-bond donors (Lipinski definition) is 0. The van der Waals surface area contributed by atoms with Crippen LogP contribution in [0.4, 0.5) is 4.39 Å². The maximum absolute atomic E-state index is 13.7. The first-order valence-corrected chi connectivity index (χ1v) is 10.2. The van der Waals surface area contributed by atoms with E-state index in [-0.39, 0.29) is 4.90 Å². The van der Waals surface area contributed by atoms with Gasteiger partial charge in [0.1, 0.15) is 11.4 Å². The largest absolute Gasteiger partial charge is 0.451 e. The van der Waals surface area contributed by atoms with E-state index in [9.17, 15) is 17.6 Å². The second-order valence-corrected chi connectivity index (χ2v) is 8.81. The van der Waals surface area contributed by atoms with E-state index in [1.54, 1.807) is 24.3 Å². The van der Waals surface area contributed by atoms with Crippen LogP contribution in [-0.2, 0) is 19.4 Å². The highest BCUT2D eigenvalue weighted by atomic mass is 32.2. The number of carbonyl (C=O) groups excluding carboxylic acids is 1. The Morgan fingerprint density at radius 2 is 1.73 bits per heavy atom. The molecule has 0 saturated heterocycles. The summed E-state index contributed by atoms with van der Waals surface area (Å²) in [7, 11) is -3.31. The van der Waals surface area contributed by atoms with Crippen LogP contribution in [0.5, 0.6) is 0 Å². The molecule has 2 aromatic rings. The van der Waals surface area contributed by atoms with Crippen LogP contribution in [0.3, 0.4) is 0 Å². The van der Waals surface area contributed by atoms with Gasteiger partial charge in [0.25, 0.3) is 0 Å². The van der Waals surface area contributed by atoms with Crippen LogP contribution in [0.1, 0.15) is 30.4 Å². The highest BCUT2D eigenvalue weighted by Gasteiger charge is 2.52. The Hall–Kier alpha value is -2.47. The summed E-state index contributed by atoms with van der Waals surface area (Å²) in [4.78, 5) is 12.8. The average molecular weight is 372 g/mol. The first-order valence-electron chi connectivity index (χ1n) is 8.35. The molecule has 4 nitrogen and oxygen atoms in total. The second kappa shape index (κ2) is 5.77. The standard InChI is InChI=1S/C20H17FO4S/c1-26(23,24)16-8-6-13(7-9-16)18-17(14-4-2-5-15(21)12-14)19(22)25-20(18)10-3-11-20/h2,4-9,12H,3,10-11H2,1H3. The van der Waals surface area contributed by atoms with Crippen molar-refractivity contribution in [2.24, 2.45) is 0 Å². The zero-order valence-corrected chi connectivity index (χ0v) is 15.0. The first kappa shape index (κ1) is 17.0. The lowest BCUT2D eigenvalue weighted by Crippen LogP contribution is -2.38. The van der Waals surface area contributed by atoms with Crippen molar-refractivity contribution in [3.63, 3.8) is 0 Å². The molecule has 0 aromatic heterocycles. The minimum atomic E-state index is -3.31. The van der Waals surface area contributed by atoms with E-state index >= 15 is 0 Å². The van der Waals surface area contributed by atoms with Gasteiger partial charge in [0.05, 0.1) is 10.5 Å². The lowest BCUT2D eigenvalue weighted by molar-refractivity contribution is -0.149. The van der Waals surface area contributed by atoms with E-state index < -0.39 is 27.2 Å². The van der Waals surface area contributed by atoms with Gasteiger partial charge in [-0.25, -0.2) is 17.6 Å². The van der Waals surface area contributed by atoms with Crippen molar-refractivity contribution in [2.45, 2.75) is 29.8 Å². The van der Waals surface area contributed by atoms with Gasteiger partial charge in [-0.05, 0) is 54.7 Å². The molecule has 1 spiro atoms. The number of benzene rings is 2. The van der Waals surface area contributed by atoms with Crippen LogP contribution in [-0.4, -0.2) is 26.2 Å². The fraction of sp³-hybridized carbons (Fsp3) is 0.250. The predicted octanol–water partition coefficient (Wildman–Crippen LogP) is 3.62. The normalized spacial score (nSPS) is 18.8. The highest BCUT2D eigenvalue weighted by Crippen LogP contribution is 2.53. The molecule has 2 aliphatic rings. The van der Waals surface area contributed by atoms with Crippen LogP contribution in [0.25, 0.3) is 11.1 Å². The Labute approximate surface area is 151 Å². The third-order valence-electron chi connectivity index (χ3n) is 5.04. The fourth-order valence-corrected chi connectivity index (χ4v) is 4.27. The summed E-state index contributed by atoms with van der Waals surface area (Å²) in [5.41, 5.74) is 1.59. The predicted molar refractivity (Wildman–Crippen MR) is 95.4 cm³/mol. The Kier molecular flexibility index (Phi) is 3.77. The summed E-state index contributed by atoms with van der Waals surface area (Å²) in [6.07, 6.45) is 3.51. The van der Waals surface area contributed by atoms with Gasteiger partial charge >= 0.3 is 5.97 Å². The van der Waals surface area contributed by atoms with E-state index in [0.29, 0.717) is 24.0 Å². The topological polar surface area (TPSA) is 60.4 Å². The van der Waals surface area contributed by atoms with Crippen molar-refractivity contribution >= 4 is 27.0 Å². The number of hydrogen-bond acceptors (Lipinski definition) is 4. The molecule has 0 unspecified atom stereocenters. The SMILES string of the molecule is CS(=O)(=O)c1ccc(C2=C(c3cccc(F)c3)C(=O)OC23CCC3)cc1. The van der Waals surface area contributed by atoms with Crippen LogP contribution < -0.4 is 0 Å². The van der Waals surface area contributed by atoms with E-state index in [1.807, 2.05) is 0 Å². The van der Waals surface area contributed by atoms with Crippen molar-refractivity contribution in [3.05, 3.63) is 65.5 Å². The van der Waals surface area contributed by atoms with Crippen molar-refractivity contribution in [2.75, 3.05) is 6.26 Å². The van der Waals surface area contributed by atoms with Gasteiger partial charge in [0.2, 0.25) is 0 Å². The van der Waals surface area contributed by atoms with E-state index in [1.165, 1.54) is 24.3 Å². The molecule has 0 N–H and O–H groups in total. The third-order valence-corrected chi connectivity index (χ3v) is 6.17. The molecule has 134 valence electrons. The third kappa shape index (κ3) is 2.65. The lowest BCUT2D eigenvalue weighted by Gasteiger charge is -2.39. The molecule has 0 atom stereocenters. The van der Waals surface area contributed by atoms with E-state index in [2.05, 4.69) is 0 Å². The zero-order chi connectivity index (χ0) is 18.5. The first-order chi connectivity index (χ1) is 12.3. The molecule has 6 heteroatoms. The van der Waals surface area contributed by atoms with Gasteiger partial charge in [0.15, 0.2) is 9.84 Å². The smallest absolute Gasteiger partial charge is 0.340 e. The van der Waals surface area contributed by atoms with Gasteiger partial charge in [0, 0.05) is 11.8 Å². The van der Waals surface area contributed by atoms with Crippen LogP contribution in [0.2, 0.25) is 0 Å². The minimum Gasteiger partial charge on any atom is -0.451 e. The quantitative estimate of drug-likeness (QED) is 0.772. The summed E-state index contributed by atoms with van der Waals surface area (Å²) < 4.78 is 42.8. The van der Waals surface area contributed by atoms with Crippen LogP contribution in [0.15, 0.2) is 53.4 Å². The Bertz CT molecular complexity index is 1030. The Balaban J connectivity index is 1.91. The minimum absolute atomic E-state index is 0.210. The van der Waals surface area contributed by atoms with E-state index in [0.717, 1.165) is 23.8 Å². The molecule has 1 fully saturated rings. The van der Waals surface area contributed by atoms with Gasteiger partial charge < -0.3 is 4.74 Å². The molecule has 1 aliphatic carbocycles. The van der Waals surface area contributed by atoms with Crippen molar-refractivity contribution in [1.82, 2.24) is 0 Å². The summed E-state index contributed by atoms with van der Waals surface area (Å²) in [6, 6.07) is 12.3. The Morgan fingerprint density at radius 1 is 1.04 bits per heavy atom. The number of halogens is 1. The molecule has 1 saturated carbocycles. The second-order valence-electron chi connectivity index (χ2n) is 6.79. The van der Waals surface area contributed by atoms with Crippen LogP contribution in [0, 0.1) is 5.82 Å². The van der Waals surface area contributed by atoms with Crippen molar-refractivity contribution in [1.29, 1.82) is 0 Å². The summed E-state index contributed by atoms with van der Waals surface area (Å²) in [5.74, 6) is -0.887. The Morgan fingerprint density at radius 3 is 2.27 bits per heavy atom. The van der Waals surface area contributed by atoms with Gasteiger partial charge in [-0.3, -0.25) is 0 Å². The molecule has 0 radical (unpaired) electrons. The van der Waals surface area contributed by atoms with Gasteiger partial charge in [-0.1, -0.05) is 24.3 Å². The average Bonchev–Trinajstić information content (AvgIpc) is 2.88. The molecule has 1 heterocycles. The molecule has 4 rings (SSSR count). The van der Waals surface area contributed by atoms with E-state index in [4.69, 9.17) is 4.74 Å². The zero-order valence-electron chi connectivity index (χ0n) is 14.2. The molecular weight excluding hydrogens is 355 g/mol. The summed E-state index contributed by atoms with van der Waals surface area (Å²) >= 11 is 0. The number of carbonyl (C=O) groups is 1. The maximum atomic E-state index is 13.7. The monoisotopic (exact) mass is 372 g/mol. The number of rotatable bonds is 3. The highest BCUT2D eigenvalue weighted by molar-refractivity contribution is 7.90. The molecule has 0 bridgehead atoms. The fourth-order valence-electron chi connectivity index (χ4n) is 3.64. The van der Waals surface area contributed by atoms with Gasteiger partial charge in [-0.2, -0.15) is 0 Å².